The Morgan fingerprint density at radius 1 is 1.61 bits per heavy atom. The standard InChI is InChI=1S/C12H14FNO4/c13-10-9(12(15)16)4-5-14-11(10)18-7-8-3-1-2-6-17-8/h4-5,8H,1-3,6-7H2,(H,15,16). The Labute approximate surface area is 104 Å². The lowest BCUT2D eigenvalue weighted by molar-refractivity contribution is -0.0127. The van der Waals surface area contributed by atoms with Crippen LogP contribution in [0.2, 0.25) is 0 Å². The van der Waals surface area contributed by atoms with Gasteiger partial charge in [-0.15, -0.1) is 0 Å². The number of pyridine rings is 1. The summed E-state index contributed by atoms with van der Waals surface area (Å²) in [6.07, 6.45) is 4.08. The Kier molecular flexibility index (Phi) is 4.09. The first-order chi connectivity index (χ1) is 8.68. The summed E-state index contributed by atoms with van der Waals surface area (Å²) in [4.78, 5) is 14.4. The molecule has 1 N–H and O–H groups in total. The van der Waals surface area contributed by atoms with Gasteiger partial charge in [-0.25, -0.2) is 14.2 Å². The first kappa shape index (κ1) is 12.8. The highest BCUT2D eigenvalue weighted by atomic mass is 19.1. The minimum absolute atomic E-state index is 0.0755. The van der Waals surface area contributed by atoms with Crippen LogP contribution in [0.15, 0.2) is 12.3 Å². The van der Waals surface area contributed by atoms with Gasteiger partial charge in [-0.3, -0.25) is 0 Å². The molecule has 0 spiro atoms. The smallest absolute Gasteiger partial charge is 0.338 e. The fourth-order valence-electron chi connectivity index (χ4n) is 1.80. The molecule has 18 heavy (non-hydrogen) atoms. The average molecular weight is 255 g/mol. The summed E-state index contributed by atoms with van der Waals surface area (Å²) < 4.78 is 24.3. The summed E-state index contributed by atoms with van der Waals surface area (Å²) in [5.41, 5.74) is -0.440. The molecule has 0 amide bonds. The van der Waals surface area contributed by atoms with E-state index in [0.29, 0.717) is 6.61 Å². The zero-order chi connectivity index (χ0) is 13.0. The van der Waals surface area contributed by atoms with Crippen LogP contribution in [-0.2, 0) is 4.74 Å². The minimum Gasteiger partial charge on any atom is -0.478 e. The Morgan fingerprint density at radius 3 is 3.11 bits per heavy atom. The average Bonchev–Trinajstić information content (AvgIpc) is 2.38. The molecule has 1 aromatic heterocycles. The van der Waals surface area contributed by atoms with Gasteiger partial charge in [0, 0.05) is 12.8 Å². The molecule has 0 radical (unpaired) electrons. The maximum absolute atomic E-state index is 13.7. The number of carboxylic acid groups (broad SMARTS) is 1. The maximum Gasteiger partial charge on any atom is 0.338 e. The van der Waals surface area contributed by atoms with E-state index in [2.05, 4.69) is 4.98 Å². The maximum atomic E-state index is 13.7. The Bertz CT molecular complexity index is 432. The van der Waals surface area contributed by atoms with E-state index < -0.39 is 17.3 Å². The van der Waals surface area contributed by atoms with Crippen molar-refractivity contribution in [3.05, 3.63) is 23.6 Å². The van der Waals surface area contributed by atoms with Crippen LogP contribution in [0.1, 0.15) is 29.6 Å². The Balaban J connectivity index is 2.00. The molecule has 0 aromatic carbocycles. The van der Waals surface area contributed by atoms with E-state index in [1.165, 1.54) is 6.20 Å². The Morgan fingerprint density at radius 2 is 2.44 bits per heavy atom. The normalized spacial score (nSPS) is 19.5. The molecule has 0 bridgehead atoms. The SMILES string of the molecule is O=C(O)c1ccnc(OCC2CCCCO2)c1F. The van der Waals surface area contributed by atoms with Crippen molar-refractivity contribution in [2.24, 2.45) is 0 Å². The third-order valence-electron chi connectivity index (χ3n) is 2.77. The van der Waals surface area contributed by atoms with Crippen molar-refractivity contribution in [3.63, 3.8) is 0 Å². The zero-order valence-corrected chi connectivity index (χ0v) is 9.76. The number of hydrogen-bond donors (Lipinski definition) is 1. The summed E-state index contributed by atoms with van der Waals surface area (Å²) in [6.45, 7) is 0.867. The molecule has 2 heterocycles. The molecule has 1 aliphatic rings. The van der Waals surface area contributed by atoms with Crippen LogP contribution in [0.3, 0.4) is 0 Å². The lowest BCUT2D eigenvalue weighted by atomic mass is 10.1. The van der Waals surface area contributed by atoms with Crippen LogP contribution < -0.4 is 4.74 Å². The lowest BCUT2D eigenvalue weighted by Crippen LogP contribution is -2.26. The van der Waals surface area contributed by atoms with Crippen molar-refractivity contribution in [3.8, 4) is 5.88 Å². The molecule has 0 aliphatic carbocycles. The lowest BCUT2D eigenvalue weighted by Gasteiger charge is -2.22. The molecule has 1 atom stereocenters. The number of rotatable bonds is 4. The van der Waals surface area contributed by atoms with E-state index in [1.54, 1.807) is 0 Å². The monoisotopic (exact) mass is 255 g/mol. The number of carbonyl (C=O) groups is 1. The molecule has 1 fully saturated rings. The second-order valence-corrected chi connectivity index (χ2v) is 4.08. The molecule has 6 heteroatoms. The molecular formula is C12H14FNO4. The third-order valence-corrected chi connectivity index (χ3v) is 2.77. The van der Waals surface area contributed by atoms with Crippen LogP contribution in [-0.4, -0.2) is 35.4 Å². The van der Waals surface area contributed by atoms with E-state index in [-0.39, 0.29) is 18.6 Å². The van der Waals surface area contributed by atoms with Crippen LogP contribution >= 0.6 is 0 Å². The summed E-state index contributed by atoms with van der Waals surface area (Å²) >= 11 is 0. The van der Waals surface area contributed by atoms with E-state index in [9.17, 15) is 9.18 Å². The van der Waals surface area contributed by atoms with E-state index in [0.717, 1.165) is 25.3 Å². The van der Waals surface area contributed by atoms with Crippen molar-refractivity contribution in [1.82, 2.24) is 4.98 Å². The second-order valence-electron chi connectivity index (χ2n) is 4.08. The van der Waals surface area contributed by atoms with Gasteiger partial charge in [0.2, 0.25) is 0 Å². The van der Waals surface area contributed by atoms with Gasteiger partial charge in [0.05, 0.1) is 6.10 Å². The summed E-state index contributed by atoms with van der Waals surface area (Å²) in [6, 6.07) is 1.10. The van der Waals surface area contributed by atoms with Gasteiger partial charge in [-0.1, -0.05) is 0 Å². The van der Waals surface area contributed by atoms with E-state index >= 15 is 0 Å². The van der Waals surface area contributed by atoms with Gasteiger partial charge in [0.15, 0.2) is 5.82 Å². The first-order valence-electron chi connectivity index (χ1n) is 5.80. The number of aromatic nitrogens is 1. The predicted octanol–water partition coefficient (Wildman–Crippen LogP) is 1.87. The molecule has 1 unspecified atom stereocenters. The van der Waals surface area contributed by atoms with Gasteiger partial charge in [-0.05, 0) is 25.3 Å². The fourth-order valence-corrected chi connectivity index (χ4v) is 1.80. The highest BCUT2D eigenvalue weighted by Gasteiger charge is 2.19. The molecule has 0 saturated carbocycles. The van der Waals surface area contributed by atoms with Crippen LogP contribution in [0.25, 0.3) is 0 Å². The van der Waals surface area contributed by atoms with Crippen molar-refractivity contribution >= 4 is 5.97 Å². The number of hydrogen-bond acceptors (Lipinski definition) is 4. The number of carboxylic acids is 1. The largest absolute Gasteiger partial charge is 0.478 e. The quantitative estimate of drug-likeness (QED) is 0.889. The van der Waals surface area contributed by atoms with Crippen molar-refractivity contribution in [2.75, 3.05) is 13.2 Å². The molecule has 5 nitrogen and oxygen atoms in total. The summed E-state index contributed by atoms with van der Waals surface area (Å²) in [5.74, 6) is -2.57. The van der Waals surface area contributed by atoms with Crippen molar-refractivity contribution in [1.29, 1.82) is 0 Å². The van der Waals surface area contributed by atoms with Crippen LogP contribution in [0, 0.1) is 5.82 Å². The zero-order valence-electron chi connectivity index (χ0n) is 9.76. The van der Waals surface area contributed by atoms with Crippen molar-refractivity contribution < 1.29 is 23.8 Å². The Hall–Kier alpha value is -1.69. The van der Waals surface area contributed by atoms with E-state index in [4.69, 9.17) is 14.6 Å². The van der Waals surface area contributed by atoms with Crippen LogP contribution in [0.4, 0.5) is 4.39 Å². The molecule has 1 aliphatic heterocycles. The highest BCUT2D eigenvalue weighted by molar-refractivity contribution is 5.88. The molecule has 2 rings (SSSR count). The topological polar surface area (TPSA) is 68.7 Å². The molecular weight excluding hydrogens is 241 g/mol. The van der Waals surface area contributed by atoms with Gasteiger partial charge in [0.25, 0.3) is 5.88 Å². The number of halogens is 1. The van der Waals surface area contributed by atoms with E-state index in [1.807, 2.05) is 0 Å². The molecule has 1 aromatic rings. The molecule has 98 valence electrons. The minimum atomic E-state index is -1.34. The highest BCUT2D eigenvalue weighted by Crippen LogP contribution is 2.19. The predicted molar refractivity (Wildman–Crippen MR) is 60.2 cm³/mol. The van der Waals surface area contributed by atoms with Gasteiger partial charge < -0.3 is 14.6 Å². The van der Waals surface area contributed by atoms with Crippen molar-refractivity contribution in [2.45, 2.75) is 25.4 Å². The fraction of sp³-hybridized carbons (Fsp3) is 0.500. The van der Waals surface area contributed by atoms with Gasteiger partial charge >= 0.3 is 5.97 Å². The summed E-state index contributed by atoms with van der Waals surface area (Å²) in [7, 11) is 0. The number of aromatic carboxylic acids is 1. The van der Waals surface area contributed by atoms with Crippen LogP contribution in [0.5, 0.6) is 5.88 Å². The summed E-state index contributed by atoms with van der Waals surface area (Å²) in [5, 5.41) is 8.76. The second kappa shape index (κ2) is 5.77. The first-order valence-corrected chi connectivity index (χ1v) is 5.80. The third kappa shape index (κ3) is 2.95. The number of nitrogens with zero attached hydrogens (tertiary/aromatic N) is 1. The van der Waals surface area contributed by atoms with Gasteiger partial charge in [-0.2, -0.15) is 0 Å². The van der Waals surface area contributed by atoms with Gasteiger partial charge in [0.1, 0.15) is 12.2 Å². The number of ether oxygens (including phenoxy) is 2. The molecule has 1 saturated heterocycles.